The predicted octanol–water partition coefficient (Wildman–Crippen LogP) is 3.75. The molecule has 0 saturated heterocycles. The highest BCUT2D eigenvalue weighted by molar-refractivity contribution is 5.35. The van der Waals surface area contributed by atoms with Gasteiger partial charge in [0.2, 0.25) is 0 Å². The van der Waals surface area contributed by atoms with Gasteiger partial charge in [0, 0.05) is 11.6 Å². The fraction of sp³-hybridized carbons (Fsp3) is 0.562. The number of allylic oxidation sites excluding steroid dienone is 2. The summed E-state index contributed by atoms with van der Waals surface area (Å²) in [5, 5.41) is 9.40. The van der Waals surface area contributed by atoms with E-state index in [2.05, 4.69) is 17.6 Å². The number of hydrogen-bond acceptors (Lipinski definition) is 1. The highest BCUT2D eigenvalue weighted by Crippen LogP contribution is 2.21. The van der Waals surface area contributed by atoms with Gasteiger partial charge in [0.05, 0.1) is 6.10 Å². The summed E-state index contributed by atoms with van der Waals surface area (Å²) in [6.07, 6.45) is 7.71. The molecule has 1 fully saturated rings. The van der Waals surface area contributed by atoms with Crippen molar-refractivity contribution in [1.82, 2.24) is 0 Å². The third-order valence-corrected chi connectivity index (χ3v) is 3.28. The quantitative estimate of drug-likeness (QED) is 0.537. The average molecular weight is 230 g/mol. The van der Waals surface area contributed by atoms with E-state index in [9.17, 15) is 5.11 Å². The van der Waals surface area contributed by atoms with Gasteiger partial charge in [-0.2, -0.15) is 0 Å². The molecule has 0 aliphatic heterocycles. The molecule has 0 amide bonds. The van der Waals surface area contributed by atoms with Crippen LogP contribution in [0.15, 0.2) is 28.5 Å². The van der Waals surface area contributed by atoms with Crippen molar-refractivity contribution in [3.05, 3.63) is 28.5 Å². The average Bonchev–Trinajstić information content (AvgIpc) is 2.34. The first-order valence-corrected chi connectivity index (χ1v) is 6.41. The summed E-state index contributed by atoms with van der Waals surface area (Å²) >= 11 is 0. The summed E-state index contributed by atoms with van der Waals surface area (Å²) < 4.78 is 0. The molecule has 0 aromatic heterocycles. The Morgan fingerprint density at radius 3 is 2.47 bits per heavy atom. The molecule has 1 aliphatic rings. The third-order valence-electron chi connectivity index (χ3n) is 3.28. The van der Waals surface area contributed by atoms with Crippen LogP contribution in [-0.4, -0.2) is 11.2 Å². The van der Waals surface area contributed by atoms with Crippen LogP contribution in [-0.2, 0) is 0 Å². The van der Waals surface area contributed by atoms with Crippen LogP contribution in [0.1, 0.15) is 52.9 Å². The van der Waals surface area contributed by atoms with Crippen molar-refractivity contribution in [1.29, 1.82) is 0 Å². The summed E-state index contributed by atoms with van der Waals surface area (Å²) in [5.41, 5.74) is 6.57. The van der Waals surface area contributed by atoms with Crippen LogP contribution in [0.3, 0.4) is 0 Å². The van der Waals surface area contributed by atoms with Gasteiger partial charge in [0.1, 0.15) is 0 Å². The number of rotatable bonds is 1. The molecule has 1 rings (SSSR count). The molecule has 1 N–H and O–H groups in total. The van der Waals surface area contributed by atoms with E-state index in [0.717, 1.165) is 11.1 Å². The number of aliphatic hydroxyl groups is 1. The first-order chi connectivity index (χ1) is 8.11. The van der Waals surface area contributed by atoms with Gasteiger partial charge < -0.3 is 5.11 Å². The molecular formula is C16H22O. The maximum absolute atomic E-state index is 9.40. The molecule has 1 unspecified atom stereocenters. The van der Waals surface area contributed by atoms with Gasteiger partial charge in [0.15, 0.2) is 0 Å². The van der Waals surface area contributed by atoms with Crippen molar-refractivity contribution in [3.8, 4) is 11.8 Å². The van der Waals surface area contributed by atoms with Gasteiger partial charge in [-0.25, -0.2) is 0 Å². The van der Waals surface area contributed by atoms with Crippen molar-refractivity contribution in [2.75, 3.05) is 0 Å². The molecule has 1 nitrogen and oxygen atoms in total. The SMILES string of the molecule is C/C(C#CC=C=C1CCCCC1)=C(/C)C(C)O. The zero-order valence-corrected chi connectivity index (χ0v) is 11.1. The van der Waals surface area contributed by atoms with E-state index in [4.69, 9.17) is 0 Å². The maximum atomic E-state index is 9.40. The zero-order chi connectivity index (χ0) is 12.7. The molecule has 0 bridgehead atoms. The van der Waals surface area contributed by atoms with Crippen LogP contribution >= 0.6 is 0 Å². The van der Waals surface area contributed by atoms with E-state index in [1.165, 1.54) is 37.7 Å². The van der Waals surface area contributed by atoms with E-state index in [0.29, 0.717) is 0 Å². The van der Waals surface area contributed by atoms with Gasteiger partial charge >= 0.3 is 0 Å². The Morgan fingerprint density at radius 1 is 1.24 bits per heavy atom. The molecule has 0 aromatic carbocycles. The first-order valence-electron chi connectivity index (χ1n) is 6.41. The van der Waals surface area contributed by atoms with Crippen molar-refractivity contribution in [2.24, 2.45) is 0 Å². The molecule has 0 heterocycles. The lowest BCUT2D eigenvalue weighted by Gasteiger charge is -2.09. The van der Waals surface area contributed by atoms with Crippen molar-refractivity contribution in [3.63, 3.8) is 0 Å². The minimum Gasteiger partial charge on any atom is -0.389 e. The second-order valence-corrected chi connectivity index (χ2v) is 4.71. The Kier molecular flexibility index (Phi) is 5.84. The third kappa shape index (κ3) is 5.09. The summed E-state index contributed by atoms with van der Waals surface area (Å²) in [5.74, 6) is 6.03. The number of hydrogen-bond donors (Lipinski definition) is 1. The second-order valence-electron chi connectivity index (χ2n) is 4.71. The Hall–Kier alpha value is -1.22. The van der Waals surface area contributed by atoms with E-state index in [1.54, 1.807) is 6.92 Å². The largest absolute Gasteiger partial charge is 0.389 e. The summed E-state index contributed by atoms with van der Waals surface area (Å²) in [4.78, 5) is 0. The Morgan fingerprint density at radius 2 is 1.88 bits per heavy atom. The summed E-state index contributed by atoms with van der Waals surface area (Å²) in [7, 11) is 0. The summed E-state index contributed by atoms with van der Waals surface area (Å²) in [6, 6.07) is 0. The van der Waals surface area contributed by atoms with E-state index < -0.39 is 6.10 Å². The van der Waals surface area contributed by atoms with Crippen LogP contribution < -0.4 is 0 Å². The highest BCUT2D eigenvalue weighted by Gasteiger charge is 2.03. The van der Waals surface area contributed by atoms with Gasteiger partial charge in [-0.05, 0) is 57.6 Å². The van der Waals surface area contributed by atoms with E-state index in [-0.39, 0.29) is 0 Å². The molecular weight excluding hydrogens is 208 g/mol. The maximum Gasteiger partial charge on any atom is 0.0731 e. The molecule has 1 heteroatoms. The summed E-state index contributed by atoms with van der Waals surface area (Å²) in [6.45, 7) is 5.62. The van der Waals surface area contributed by atoms with E-state index in [1.807, 2.05) is 19.9 Å². The molecule has 1 saturated carbocycles. The Bertz CT molecular complexity index is 399. The number of aliphatic hydroxyl groups excluding tert-OH is 1. The molecule has 0 aromatic rings. The van der Waals surface area contributed by atoms with Crippen LogP contribution in [0.4, 0.5) is 0 Å². The normalized spacial score (nSPS) is 18.5. The Labute approximate surface area is 105 Å². The lowest BCUT2D eigenvalue weighted by Crippen LogP contribution is -2.02. The highest BCUT2D eigenvalue weighted by atomic mass is 16.3. The Balaban J connectivity index is 2.67. The first kappa shape index (κ1) is 13.8. The van der Waals surface area contributed by atoms with Crippen LogP contribution in [0.2, 0.25) is 0 Å². The van der Waals surface area contributed by atoms with Gasteiger partial charge in [-0.3, -0.25) is 0 Å². The molecule has 0 spiro atoms. The van der Waals surface area contributed by atoms with Crippen LogP contribution in [0.25, 0.3) is 0 Å². The van der Waals surface area contributed by atoms with Crippen molar-refractivity contribution >= 4 is 0 Å². The van der Waals surface area contributed by atoms with Gasteiger partial charge in [0.25, 0.3) is 0 Å². The molecule has 0 radical (unpaired) electrons. The standard InChI is InChI=1S/C16H22O/c1-13(14(2)15(3)17)9-7-8-12-16-10-5-4-6-11-16/h8,15,17H,4-6,10-11H2,1-3H3/b14-13+. The lowest BCUT2D eigenvalue weighted by molar-refractivity contribution is 0.230. The predicted molar refractivity (Wildman–Crippen MR) is 72.5 cm³/mol. The zero-order valence-electron chi connectivity index (χ0n) is 11.1. The molecule has 17 heavy (non-hydrogen) atoms. The van der Waals surface area contributed by atoms with E-state index >= 15 is 0 Å². The monoisotopic (exact) mass is 230 g/mol. The van der Waals surface area contributed by atoms with Gasteiger partial charge in [-0.1, -0.05) is 18.3 Å². The smallest absolute Gasteiger partial charge is 0.0731 e. The lowest BCUT2D eigenvalue weighted by atomic mass is 9.96. The molecule has 1 aliphatic carbocycles. The van der Waals surface area contributed by atoms with Crippen molar-refractivity contribution < 1.29 is 5.11 Å². The molecule has 1 atom stereocenters. The minimum atomic E-state index is -0.412. The van der Waals surface area contributed by atoms with Gasteiger partial charge in [-0.15, -0.1) is 5.73 Å². The van der Waals surface area contributed by atoms with Crippen molar-refractivity contribution in [2.45, 2.75) is 59.0 Å². The topological polar surface area (TPSA) is 20.2 Å². The van der Waals surface area contributed by atoms with Crippen LogP contribution in [0.5, 0.6) is 0 Å². The fourth-order valence-electron chi connectivity index (χ4n) is 1.82. The fourth-order valence-corrected chi connectivity index (χ4v) is 1.82. The molecule has 92 valence electrons. The van der Waals surface area contributed by atoms with Crippen LogP contribution in [0, 0.1) is 11.8 Å². The minimum absolute atomic E-state index is 0.412. The second kappa shape index (κ2) is 7.17.